The van der Waals surface area contributed by atoms with Crippen LogP contribution in [0, 0.1) is 5.92 Å². The summed E-state index contributed by atoms with van der Waals surface area (Å²) in [5, 5.41) is 8.81. The lowest BCUT2D eigenvalue weighted by atomic mass is 9.94. The Labute approximate surface area is 108 Å². The Kier molecular flexibility index (Phi) is 4.59. The lowest BCUT2D eigenvalue weighted by molar-refractivity contribution is -0.141. The van der Waals surface area contributed by atoms with E-state index in [4.69, 9.17) is 9.84 Å². The zero-order chi connectivity index (χ0) is 13.9. The van der Waals surface area contributed by atoms with Crippen molar-refractivity contribution in [3.8, 4) is 0 Å². The van der Waals surface area contributed by atoms with Crippen LogP contribution in [0.25, 0.3) is 0 Å². The first kappa shape index (κ1) is 14.8. The maximum Gasteiger partial charge on any atom is 0.410 e. The lowest BCUT2D eigenvalue weighted by Gasteiger charge is -2.41. The van der Waals surface area contributed by atoms with Gasteiger partial charge in [-0.1, -0.05) is 6.92 Å². The third kappa shape index (κ3) is 4.20. The predicted octanol–water partition coefficient (Wildman–Crippen LogP) is 2.50. The number of carbonyl (C=O) groups excluding carboxylic acids is 1. The fourth-order valence-electron chi connectivity index (χ4n) is 1.87. The van der Waals surface area contributed by atoms with Gasteiger partial charge >= 0.3 is 12.1 Å². The van der Waals surface area contributed by atoms with Gasteiger partial charge in [0.1, 0.15) is 5.60 Å². The second kappa shape index (κ2) is 5.59. The highest BCUT2D eigenvalue weighted by Gasteiger charge is 2.35. The van der Waals surface area contributed by atoms with Gasteiger partial charge in [-0.3, -0.25) is 4.79 Å². The molecule has 0 aliphatic carbocycles. The van der Waals surface area contributed by atoms with Crippen LogP contribution in [0.5, 0.6) is 0 Å². The van der Waals surface area contributed by atoms with Crippen LogP contribution in [0.4, 0.5) is 4.79 Å². The van der Waals surface area contributed by atoms with E-state index in [0.717, 1.165) is 12.8 Å². The number of rotatable bonds is 4. The van der Waals surface area contributed by atoms with E-state index in [2.05, 4.69) is 0 Å². The van der Waals surface area contributed by atoms with E-state index in [-0.39, 0.29) is 18.1 Å². The van der Waals surface area contributed by atoms with Crippen LogP contribution in [0.2, 0.25) is 0 Å². The Morgan fingerprint density at radius 3 is 2.44 bits per heavy atom. The van der Waals surface area contributed by atoms with Gasteiger partial charge in [0.15, 0.2) is 0 Å². The summed E-state index contributed by atoms with van der Waals surface area (Å²) in [5.74, 6) is -1.13. The van der Waals surface area contributed by atoms with Gasteiger partial charge in [0.25, 0.3) is 0 Å². The molecule has 0 saturated carbocycles. The minimum Gasteiger partial charge on any atom is -0.481 e. The molecule has 1 amide bonds. The van der Waals surface area contributed by atoms with Crippen LogP contribution in [0.1, 0.15) is 47.0 Å². The summed E-state index contributed by atoms with van der Waals surface area (Å²) in [6.07, 6.45) is 1.97. The van der Waals surface area contributed by atoms with E-state index >= 15 is 0 Å². The molecule has 5 heteroatoms. The van der Waals surface area contributed by atoms with Crippen molar-refractivity contribution in [2.75, 3.05) is 6.54 Å². The Morgan fingerprint density at radius 1 is 1.44 bits per heavy atom. The third-order valence-corrected chi connectivity index (χ3v) is 3.13. The SMILES string of the molecule is CC(CCC1CCN1C(=O)OC(C)(C)C)C(=O)O. The van der Waals surface area contributed by atoms with Crippen molar-refractivity contribution in [1.29, 1.82) is 0 Å². The summed E-state index contributed by atoms with van der Waals surface area (Å²) >= 11 is 0. The van der Waals surface area contributed by atoms with Gasteiger partial charge in [-0.25, -0.2) is 4.79 Å². The van der Waals surface area contributed by atoms with Crippen LogP contribution < -0.4 is 0 Å². The van der Waals surface area contributed by atoms with Crippen LogP contribution in [0.3, 0.4) is 0 Å². The highest BCUT2D eigenvalue weighted by molar-refractivity contribution is 5.70. The van der Waals surface area contributed by atoms with Gasteiger partial charge in [0.05, 0.1) is 5.92 Å². The summed E-state index contributed by atoms with van der Waals surface area (Å²) in [4.78, 5) is 24.2. The quantitative estimate of drug-likeness (QED) is 0.840. The number of aliphatic carboxylic acids is 1. The number of hydrogen-bond donors (Lipinski definition) is 1. The summed E-state index contributed by atoms with van der Waals surface area (Å²) in [6, 6.07) is 0.140. The number of amides is 1. The zero-order valence-electron chi connectivity index (χ0n) is 11.6. The smallest absolute Gasteiger partial charge is 0.410 e. The Morgan fingerprint density at radius 2 is 2.06 bits per heavy atom. The molecule has 0 aromatic rings. The molecule has 5 nitrogen and oxygen atoms in total. The molecule has 1 fully saturated rings. The number of nitrogens with zero attached hydrogens (tertiary/aromatic N) is 1. The molecule has 1 heterocycles. The molecule has 1 saturated heterocycles. The molecule has 0 bridgehead atoms. The minimum absolute atomic E-state index is 0.140. The number of hydrogen-bond acceptors (Lipinski definition) is 3. The van der Waals surface area contributed by atoms with Gasteiger partial charge in [-0.2, -0.15) is 0 Å². The Balaban J connectivity index is 2.37. The first-order valence-corrected chi connectivity index (χ1v) is 6.43. The molecule has 1 N–H and O–H groups in total. The van der Waals surface area contributed by atoms with E-state index in [1.54, 1.807) is 11.8 Å². The molecular formula is C13H23NO4. The van der Waals surface area contributed by atoms with Gasteiger partial charge in [-0.15, -0.1) is 0 Å². The first-order valence-electron chi connectivity index (χ1n) is 6.43. The Hall–Kier alpha value is -1.26. The topological polar surface area (TPSA) is 66.8 Å². The fraction of sp³-hybridized carbons (Fsp3) is 0.846. The maximum absolute atomic E-state index is 11.8. The van der Waals surface area contributed by atoms with Crippen LogP contribution in [-0.4, -0.2) is 40.3 Å². The molecule has 104 valence electrons. The fourth-order valence-corrected chi connectivity index (χ4v) is 1.87. The van der Waals surface area contributed by atoms with Crippen LogP contribution >= 0.6 is 0 Å². The minimum atomic E-state index is -0.779. The van der Waals surface area contributed by atoms with Crippen LogP contribution in [-0.2, 0) is 9.53 Å². The molecule has 2 unspecified atom stereocenters. The number of ether oxygens (including phenoxy) is 1. The highest BCUT2D eigenvalue weighted by atomic mass is 16.6. The number of carboxylic acid groups (broad SMARTS) is 1. The Bertz CT molecular complexity index is 321. The average molecular weight is 257 g/mol. The maximum atomic E-state index is 11.8. The van der Waals surface area contributed by atoms with Crippen LogP contribution in [0.15, 0.2) is 0 Å². The van der Waals surface area contributed by atoms with Gasteiger partial charge < -0.3 is 14.7 Å². The second-order valence-corrected chi connectivity index (χ2v) is 5.93. The van der Waals surface area contributed by atoms with Gasteiger partial charge in [-0.05, 0) is 40.0 Å². The lowest BCUT2D eigenvalue weighted by Crippen LogP contribution is -2.52. The third-order valence-electron chi connectivity index (χ3n) is 3.13. The largest absolute Gasteiger partial charge is 0.481 e. The van der Waals surface area contributed by atoms with Crippen molar-refractivity contribution < 1.29 is 19.4 Å². The second-order valence-electron chi connectivity index (χ2n) is 5.93. The number of likely N-dealkylation sites (tertiary alicyclic amines) is 1. The highest BCUT2D eigenvalue weighted by Crippen LogP contribution is 2.26. The number of carbonyl (C=O) groups is 2. The molecule has 1 aliphatic rings. The van der Waals surface area contributed by atoms with Gasteiger partial charge in [0, 0.05) is 12.6 Å². The van der Waals surface area contributed by atoms with E-state index in [0.29, 0.717) is 13.0 Å². The average Bonchev–Trinajstić information content (AvgIpc) is 2.12. The summed E-state index contributed by atoms with van der Waals surface area (Å²) in [7, 11) is 0. The summed E-state index contributed by atoms with van der Waals surface area (Å²) in [5.41, 5.74) is -0.481. The molecule has 1 aliphatic heterocycles. The monoisotopic (exact) mass is 257 g/mol. The summed E-state index contributed by atoms with van der Waals surface area (Å²) in [6.45, 7) is 7.92. The van der Waals surface area contributed by atoms with E-state index in [1.165, 1.54) is 0 Å². The van der Waals surface area contributed by atoms with Crippen molar-refractivity contribution in [1.82, 2.24) is 4.90 Å². The molecule has 0 aromatic carbocycles. The van der Waals surface area contributed by atoms with Crippen molar-refractivity contribution in [2.24, 2.45) is 5.92 Å². The standard InChI is InChI=1S/C13H23NO4/c1-9(11(15)16)5-6-10-7-8-14(10)12(17)18-13(2,3)4/h9-10H,5-8H2,1-4H3,(H,15,16). The number of carboxylic acids is 1. The first-order chi connectivity index (χ1) is 8.20. The normalized spacial score (nSPS) is 21.1. The van der Waals surface area contributed by atoms with E-state index < -0.39 is 11.6 Å². The molecule has 0 aromatic heterocycles. The van der Waals surface area contributed by atoms with Gasteiger partial charge in [0.2, 0.25) is 0 Å². The van der Waals surface area contributed by atoms with Crippen molar-refractivity contribution in [2.45, 2.75) is 58.6 Å². The molecule has 0 spiro atoms. The van der Waals surface area contributed by atoms with E-state index in [1.807, 2.05) is 20.8 Å². The molecule has 1 rings (SSSR count). The van der Waals surface area contributed by atoms with Crippen molar-refractivity contribution in [3.05, 3.63) is 0 Å². The van der Waals surface area contributed by atoms with E-state index in [9.17, 15) is 9.59 Å². The zero-order valence-corrected chi connectivity index (χ0v) is 11.6. The molecule has 0 radical (unpaired) electrons. The summed E-state index contributed by atoms with van der Waals surface area (Å²) < 4.78 is 5.30. The molecule has 18 heavy (non-hydrogen) atoms. The predicted molar refractivity (Wildman–Crippen MR) is 67.4 cm³/mol. The molecular weight excluding hydrogens is 234 g/mol. The van der Waals surface area contributed by atoms with Crippen molar-refractivity contribution >= 4 is 12.1 Å². The molecule has 2 atom stereocenters. The van der Waals surface area contributed by atoms with Crippen molar-refractivity contribution in [3.63, 3.8) is 0 Å².